The summed E-state index contributed by atoms with van der Waals surface area (Å²) in [4.78, 5) is 8.55. The molecule has 0 radical (unpaired) electrons. The van der Waals surface area contributed by atoms with Gasteiger partial charge < -0.3 is 5.32 Å². The van der Waals surface area contributed by atoms with Gasteiger partial charge in [0.1, 0.15) is 12.1 Å². The van der Waals surface area contributed by atoms with E-state index in [4.69, 9.17) is 5.26 Å². The predicted molar refractivity (Wildman–Crippen MR) is 82.7 cm³/mol. The first kappa shape index (κ1) is 13.1. The van der Waals surface area contributed by atoms with Crippen LogP contribution in [0.4, 0.5) is 5.82 Å². The van der Waals surface area contributed by atoms with Crippen LogP contribution in [0.25, 0.3) is 10.9 Å². The number of rotatable bonds is 3. The Morgan fingerprint density at radius 1 is 1.10 bits per heavy atom. The molecular formula is C17H14N4. The van der Waals surface area contributed by atoms with Crippen molar-refractivity contribution in [2.75, 3.05) is 5.32 Å². The number of aromatic nitrogens is 2. The molecule has 0 fully saturated rings. The SMILES string of the molecule is CC(Nc1ncnc2ccc(C#N)cc12)c1ccccc1. The molecule has 1 N–H and O–H groups in total. The maximum atomic E-state index is 9.04. The van der Waals surface area contributed by atoms with Gasteiger partial charge in [0.15, 0.2) is 0 Å². The second-order valence-corrected chi connectivity index (χ2v) is 4.84. The van der Waals surface area contributed by atoms with Crippen LogP contribution in [-0.2, 0) is 0 Å². The fourth-order valence-corrected chi connectivity index (χ4v) is 2.27. The third kappa shape index (κ3) is 2.67. The molecule has 21 heavy (non-hydrogen) atoms. The third-order valence-corrected chi connectivity index (χ3v) is 3.42. The molecule has 0 bridgehead atoms. The van der Waals surface area contributed by atoms with Gasteiger partial charge in [0.2, 0.25) is 0 Å². The van der Waals surface area contributed by atoms with Crippen molar-refractivity contribution >= 4 is 16.7 Å². The quantitative estimate of drug-likeness (QED) is 0.791. The molecule has 3 rings (SSSR count). The molecule has 102 valence electrons. The Morgan fingerprint density at radius 2 is 1.90 bits per heavy atom. The van der Waals surface area contributed by atoms with E-state index in [-0.39, 0.29) is 6.04 Å². The second kappa shape index (κ2) is 5.59. The molecule has 3 aromatic rings. The van der Waals surface area contributed by atoms with Gasteiger partial charge in [0, 0.05) is 11.4 Å². The van der Waals surface area contributed by atoms with Crippen molar-refractivity contribution < 1.29 is 0 Å². The normalized spacial score (nSPS) is 11.8. The van der Waals surface area contributed by atoms with Crippen LogP contribution in [0.15, 0.2) is 54.9 Å². The Morgan fingerprint density at radius 3 is 2.67 bits per heavy atom. The van der Waals surface area contributed by atoms with Crippen LogP contribution in [-0.4, -0.2) is 9.97 Å². The number of nitriles is 1. The number of nitrogens with one attached hydrogen (secondary N) is 1. The Kier molecular flexibility index (Phi) is 3.48. The third-order valence-electron chi connectivity index (χ3n) is 3.42. The lowest BCUT2D eigenvalue weighted by Gasteiger charge is -2.16. The first-order chi connectivity index (χ1) is 10.3. The lowest BCUT2D eigenvalue weighted by atomic mass is 10.1. The van der Waals surface area contributed by atoms with Crippen molar-refractivity contribution in [1.82, 2.24) is 9.97 Å². The van der Waals surface area contributed by atoms with E-state index in [2.05, 4.69) is 40.4 Å². The standard InChI is InChI=1S/C17H14N4/c1-12(14-5-3-2-4-6-14)21-17-15-9-13(10-18)7-8-16(15)19-11-20-17/h2-9,11-12H,1H3,(H,19,20,21). The van der Waals surface area contributed by atoms with Crippen LogP contribution in [0.1, 0.15) is 24.1 Å². The zero-order valence-corrected chi connectivity index (χ0v) is 11.6. The summed E-state index contributed by atoms with van der Waals surface area (Å²) >= 11 is 0. The van der Waals surface area contributed by atoms with E-state index < -0.39 is 0 Å². The Labute approximate surface area is 123 Å². The molecule has 4 heteroatoms. The summed E-state index contributed by atoms with van der Waals surface area (Å²) in [5, 5.41) is 13.3. The molecule has 0 saturated heterocycles. The number of hydrogen-bond donors (Lipinski definition) is 1. The number of hydrogen-bond acceptors (Lipinski definition) is 4. The van der Waals surface area contributed by atoms with Crippen molar-refractivity contribution in [2.24, 2.45) is 0 Å². The van der Waals surface area contributed by atoms with Crippen molar-refractivity contribution in [3.63, 3.8) is 0 Å². The van der Waals surface area contributed by atoms with Gasteiger partial charge in [-0.15, -0.1) is 0 Å². The highest BCUT2D eigenvalue weighted by atomic mass is 15.0. The molecule has 0 aliphatic carbocycles. The number of fused-ring (bicyclic) bond motifs is 1. The van der Waals surface area contributed by atoms with E-state index in [9.17, 15) is 0 Å². The Balaban J connectivity index is 1.99. The fourth-order valence-electron chi connectivity index (χ4n) is 2.27. The summed E-state index contributed by atoms with van der Waals surface area (Å²) in [5.41, 5.74) is 2.61. The molecule has 0 aliphatic heterocycles. The highest BCUT2D eigenvalue weighted by molar-refractivity contribution is 5.89. The van der Waals surface area contributed by atoms with Crippen LogP contribution in [0.2, 0.25) is 0 Å². The van der Waals surface area contributed by atoms with Gasteiger partial charge in [-0.05, 0) is 30.7 Å². The van der Waals surface area contributed by atoms with Gasteiger partial charge in [-0.3, -0.25) is 0 Å². The molecule has 1 unspecified atom stereocenters. The summed E-state index contributed by atoms with van der Waals surface area (Å²) in [6.07, 6.45) is 1.54. The lowest BCUT2D eigenvalue weighted by molar-refractivity contribution is 0.876. The molecule has 1 heterocycles. The number of anilines is 1. The van der Waals surface area contributed by atoms with Crippen molar-refractivity contribution in [1.29, 1.82) is 5.26 Å². The maximum absolute atomic E-state index is 9.04. The highest BCUT2D eigenvalue weighted by Crippen LogP contribution is 2.24. The Hall–Kier alpha value is -2.93. The molecule has 1 atom stereocenters. The smallest absolute Gasteiger partial charge is 0.137 e. The summed E-state index contributed by atoms with van der Waals surface area (Å²) < 4.78 is 0. The monoisotopic (exact) mass is 274 g/mol. The van der Waals surface area contributed by atoms with Crippen molar-refractivity contribution in [2.45, 2.75) is 13.0 Å². The Bertz CT molecular complexity index is 806. The largest absolute Gasteiger partial charge is 0.363 e. The van der Waals surface area contributed by atoms with E-state index in [1.165, 1.54) is 11.9 Å². The van der Waals surface area contributed by atoms with Gasteiger partial charge in [0.05, 0.1) is 17.1 Å². The minimum atomic E-state index is 0.120. The minimum Gasteiger partial charge on any atom is -0.363 e. The lowest BCUT2D eigenvalue weighted by Crippen LogP contribution is -2.08. The minimum absolute atomic E-state index is 0.120. The second-order valence-electron chi connectivity index (χ2n) is 4.84. The van der Waals surface area contributed by atoms with Crippen molar-refractivity contribution in [3.8, 4) is 6.07 Å². The zero-order chi connectivity index (χ0) is 14.7. The average Bonchev–Trinajstić information content (AvgIpc) is 2.55. The van der Waals surface area contributed by atoms with Gasteiger partial charge in [0.25, 0.3) is 0 Å². The molecule has 2 aromatic carbocycles. The molecule has 0 aliphatic rings. The van der Waals surface area contributed by atoms with E-state index in [0.717, 1.165) is 16.7 Å². The highest BCUT2D eigenvalue weighted by Gasteiger charge is 2.09. The maximum Gasteiger partial charge on any atom is 0.137 e. The van der Waals surface area contributed by atoms with Gasteiger partial charge in [-0.25, -0.2) is 9.97 Å². The molecule has 4 nitrogen and oxygen atoms in total. The van der Waals surface area contributed by atoms with E-state index in [0.29, 0.717) is 5.56 Å². The summed E-state index contributed by atoms with van der Waals surface area (Å²) in [5.74, 6) is 0.744. The zero-order valence-electron chi connectivity index (χ0n) is 11.6. The molecule has 1 aromatic heterocycles. The summed E-state index contributed by atoms with van der Waals surface area (Å²) in [6, 6.07) is 17.9. The molecule has 0 amide bonds. The van der Waals surface area contributed by atoms with Crippen LogP contribution in [0, 0.1) is 11.3 Å². The van der Waals surface area contributed by atoms with Gasteiger partial charge in [-0.1, -0.05) is 30.3 Å². The number of benzene rings is 2. The van der Waals surface area contributed by atoms with E-state index in [1.807, 2.05) is 30.3 Å². The molecular weight excluding hydrogens is 260 g/mol. The average molecular weight is 274 g/mol. The number of nitrogens with zero attached hydrogens (tertiary/aromatic N) is 3. The fraction of sp³-hybridized carbons (Fsp3) is 0.118. The predicted octanol–water partition coefficient (Wildman–Crippen LogP) is 3.67. The van der Waals surface area contributed by atoms with Gasteiger partial charge in [-0.2, -0.15) is 5.26 Å². The van der Waals surface area contributed by atoms with Gasteiger partial charge >= 0.3 is 0 Å². The first-order valence-electron chi connectivity index (χ1n) is 6.74. The van der Waals surface area contributed by atoms with Crippen molar-refractivity contribution in [3.05, 3.63) is 66.0 Å². The summed E-state index contributed by atoms with van der Waals surface area (Å²) in [7, 11) is 0. The summed E-state index contributed by atoms with van der Waals surface area (Å²) in [6.45, 7) is 2.08. The van der Waals surface area contributed by atoms with E-state index in [1.54, 1.807) is 6.07 Å². The van der Waals surface area contributed by atoms with Crippen LogP contribution < -0.4 is 5.32 Å². The van der Waals surface area contributed by atoms with Crippen LogP contribution in [0.5, 0.6) is 0 Å². The molecule has 0 spiro atoms. The van der Waals surface area contributed by atoms with Crippen LogP contribution >= 0.6 is 0 Å². The van der Waals surface area contributed by atoms with Crippen LogP contribution in [0.3, 0.4) is 0 Å². The molecule has 0 saturated carbocycles. The topological polar surface area (TPSA) is 61.6 Å². The first-order valence-corrected chi connectivity index (χ1v) is 6.74. The van der Waals surface area contributed by atoms with E-state index >= 15 is 0 Å².